The Morgan fingerprint density at radius 1 is 1.41 bits per heavy atom. The zero-order valence-corrected chi connectivity index (χ0v) is 12.3. The first-order valence-corrected chi connectivity index (χ1v) is 6.99. The van der Waals surface area contributed by atoms with Gasteiger partial charge in [0, 0.05) is 25.2 Å². The van der Waals surface area contributed by atoms with Crippen molar-refractivity contribution >= 4 is 0 Å². The number of hydrogen-bond donors (Lipinski definition) is 1. The molecule has 1 N–H and O–H groups in total. The van der Waals surface area contributed by atoms with Gasteiger partial charge in [-0.1, -0.05) is 13.8 Å². The lowest BCUT2D eigenvalue weighted by atomic mass is 10.1. The summed E-state index contributed by atoms with van der Waals surface area (Å²) in [7, 11) is 0. The van der Waals surface area contributed by atoms with E-state index in [2.05, 4.69) is 44.8 Å². The Morgan fingerprint density at radius 2 is 2.12 bits per heavy atom. The predicted octanol–water partition coefficient (Wildman–Crippen LogP) is 2.12. The van der Waals surface area contributed by atoms with E-state index in [1.165, 1.54) is 6.54 Å². The van der Waals surface area contributed by atoms with E-state index in [9.17, 15) is 0 Å². The summed E-state index contributed by atoms with van der Waals surface area (Å²) in [6, 6.07) is 0. The van der Waals surface area contributed by atoms with Crippen molar-refractivity contribution in [3.05, 3.63) is 0 Å². The number of ether oxygens (including phenoxy) is 1. The molecule has 102 valence electrons. The topological polar surface area (TPSA) is 24.5 Å². The van der Waals surface area contributed by atoms with Crippen molar-refractivity contribution in [1.29, 1.82) is 0 Å². The Labute approximate surface area is 107 Å². The fourth-order valence-corrected chi connectivity index (χ4v) is 2.18. The van der Waals surface area contributed by atoms with Crippen molar-refractivity contribution in [2.45, 2.75) is 52.7 Å². The Kier molecular flexibility index (Phi) is 5.90. The molecule has 0 aromatic carbocycles. The normalized spacial score (nSPS) is 24.9. The van der Waals surface area contributed by atoms with Crippen LogP contribution in [0.5, 0.6) is 0 Å². The Bertz CT molecular complexity index is 213. The molecule has 1 fully saturated rings. The Morgan fingerprint density at radius 3 is 2.71 bits per heavy atom. The highest BCUT2D eigenvalue weighted by Gasteiger charge is 2.20. The van der Waals surface area contributed by atoms with Gasteiger partial charge in [-0.25, -0.2) is 0 Å². The third-order valence-electron chi connectivity index (χ3n) is 3.23. The van der Waals surface area contributed by atoms with Crippen LogP contribution in [-0.2, 0) is 4.74 Å². The van der Waals surface area contributed by atoms with Gasteiger partial charge >= 0.3 is 0 Å². The summed E-state index contributed by atoms with van der Waals surface area (Å²) in [5, 5.41) is 3.58. The molecule has 0 aromatic rings. The molecule has 0 amide bonds. The van der Waals surface area contributed by atoms with E-state index in [0.29, 0.717) is 12.0 Å². The quantitative estimate of drug-likeness (QED) is 0.799. The maximum absolute atomic E-state index is 5.70. The first kappa shape index (κ1) is 14.9. The molecule has 0 saturated carbocycles. The van der Waals surface area contributed by atoms with E-state index in [0.717, 1.165) is 32.7 Å². The van der Waals surface area contributed by atoms with Crippen LogP contribution in [0.25, 0.3) is 0 Å². The molecule has 0 radical (unpaired) electrons. The molecule has 1 rings (SSSR count). The van der Waals surface area contributed by atoms with Crippen molar-refractivity contribution in [1.82, 2.24) is 10.2 Å². The highest BCUT2D eigenvalue weighted by molar-refractivity contribution is 4.76. The average molecular weight is 242 g/mol. The second kappa shape index (κ2) is 6.72. The Balaban J connectivity index is 2.23. The van der Waals surface area contributed by atoms with E-state index in [1.54, 1.807) is 0 Å². The van der Waals surface area contributed by atoms with Crippen molar-refractivity contribution in [3.63, 3.8) is 0 Å². The van der Waals surface area contributed by atoms with Gasteiger partial charge in [0.2, 0.25) is 0 Å². The van der Waals surface area contributed by atoms with Gasteiger partial charge in [-0.15, -0.1) is 0 Å². The minimum Gasteiger partial charge on any atom is -0.376 e. The van der Waals surface area contributed by atoms with Crippen LogP contribution in [0.1, 0.15) is 41.0 Å². The minimum absolute atomic E-state index is 0.227. The lowest BCUT2D eigenvalue weighted by Gasteiger charge is -2.34. The highest BCUT2D eigenvalue weighted by Crippen LogP contribution is 2.10. The zero-order chi connectivity index (χ0) is 12.9. The van der Waals surface area contributed by atoms with Crippen LogP contribution in [0.3, 0.4) is 0 Å². The first-order valence-electron chi connectivity index (χ1n) is 6.99. The monoisotopic (exact) mass is 242 g/mol. The molecule has 1 aliphatic heterocycles. The number of nitrogens with one attached hydrogen (secondary N) is 1. The maximum atomic E-state index is 5.70. The van der Waals surface area contributed by atoms with Crippen LogP contribution in [0, 0.1) is 5.92 Å². The van der Waals surface area contributed by atoms with Crippen LogP contribution in [0.2, 0.25) is 0 Å². The van der Waals surface area contributed by atoms with Gasteiger partial charge in [0.1, 0.15) is 0 Å². The molecule has 17 heavy (non-hydrogen) atoms. The molecular formula is C14H30N2O. The van der Waals surface area contributed by atoms with E-state index in [1.807, 2.05) is 0 Å². The maximum Gasteiger partial charge on any atom is 0.0700 e. The minimum atomic E-state index is 0.227. The first-order chi connectivity index (χ1) is 7.90. The summed E-state index contributed by atoms with van der Waals surface area (Å²) in [5.74, 6) is 0.699. The van der Waals surface area contributed by atoms with Crippen molar-refractivity contribution in [3.8, 4) is 0 Å². The van der Waals surface area contributed by atoms with E-state index in [4.69, 9.17) is 4.74 Å². The van der Waals surface area contributed by atoms with Gasteiger partial charge in [-0.2, -0.15) is 0 Å². The molecule has 2 unspecified atom stereocenters. The highest BCUT2D eigenvalue weighted by atomic mass is 16.5. The third-order valence-corrected chi connectivity index (χ3v) is 3.23. The standard InChI is InChI=1S/C14H30N2O/c1-6-13-11-16(7-8-17-13)10-12(2)9-15-14(3,4)5/h12-13,15H,6-11H2,1-5H3. The zero-order valence-electron chi connectivity index (χ0n) is 12.3. The van der Waals surface area contributed by atoms with Gasteiger partial charge in [-0.05, 0) is 39.7 Å². The van der Waals surface area contributed by atoms with Gasteiger partial charge in [0.15, 0.2) is 0 Å². The summed E-state index contributed by atoms with van der Waals surface area (Å²) >= 11 is 0. The second-order valence-corrected chi connectivity index (χ2v) is 6.40. The van der Waals surface area contributed by atoms with Crippen LogP contribution in [0.15, 0.2) is 0 Å². The molecule has 3 nitrogen and oxygen atoms in total. The molecular weight excluding hydrogens is 212 g/mol. The second-order valence-electron chi connectivity index (χ2n) is 6.40. The van der Waals surface area contributed by atoms with Crippen LogP contribution >= 0.6 is 0 Å². The largest absolute Gasteiger partial charge is 0.376 e. The van der Waals surface area contributed by atoms with E-state index < -0.39 is 0 Å². The molecule has 2 atom stereocenters. The molecule has 0 bridgehead atoms. The molecule has 1 saturated heterocycles. The lowest BCUT2D eigenvalue weighted by molar-refractivity contribution is -0.0334. The number of hydrogen-bond acceptors (Lipinski definition) is 3. The van der Waals surface area contributed by atoms with Crippen molar-refractivity contribution in [2.75, 3.05) is 32.8 Å². The summed E-state index contributed by atoms with van der Waals surface area (Å²) in [5.41, 5.74) is 0.227. The molecule has 0 spiro atoms. The fourth-order valence-electron chi connectivity index (χ4n) is 2.18. The average Bonchev–Trinajstić information content (AvgIpc) is 2.26. The molecule has 3 heteroatoms. The number of nitrogens with zero attached hydrogens (tertiary/aromatic N) is 1. The van der Waals surface area contributed by atoms with Gasteiger partial charge < -0.3 is 10.1 Å². The SMILES string of the molecule is CCC1CN(CC(C)CNC(C)(C)C)CCO1. The summed E-state index contributed by atoms with van der Waals surface area (Å²) in [6.45, 7) is 16.6. The van der Waals surface area contributed by atoms with E-state index >= 15 is 0 Å². The smallest absolute Gasteiger partial charge is 0.0700 e. The summed E-state index contributed by atoms with van der Waals surface area (Å²) in [4.78, 5) is 2.55. The van der Waals surface area contributed by atoms with E-state index in [-0.39, 0.29) is 5.54 Å². The lowest BCUT2D eigenvalue weighted by Crippen LogP contribution is -2.46. The number of rotatable bonds is 5. The third kappa shape index (κ3) is 6.39. The Hall–Kier alpha value is -0.120. The van der Waals surface area contributed by atoms with Crippen LogP contribution < -0.4 is 5.32 Å². The molecule has 0 aromatic heterocycles. The van der Waals surface area contributed by atoms with Crippen LogP contribution in [-0.4, -0.2) is 49.3 Å². The molecule has 0 aliphatic carbocycles. The van der Waals surface area contributed by atoms with Gasteiger partial charge in [0.05, 0.1) is 12.7 Å². The van der Waals surface area contributed by atoms with Gasteiger partial charge in [0.25, 0.3) is 0 Å². The van der Waals surface area contributed by atoms with Gasteiger partial charge in [-0.3, -0.25) is 4.90 Å². The molecule has 1 heterocycles. The number of morpholine rings is 1. The van der Waals surface area contributed by atoms with Crippen LogP contribution in [0.4, 0.5) is 0 Å². The van der Waals surface area contributed by atoms with Crippen molar-refractivity contribution in [2.24, 2.45) is 5.92 Å². The fraction of sp³-hybridized carbons (Fsp3) is 1.00. The predicted molar refractivity (Wildman–Crippen MR) is 73.4 cm³/mol. The summed E-state index contributed by atoms with van der Waals surface area (Å²) in [6.07, 6.45) is 1.58. The van der Waals surface area contributed by atoms with Crippen molar-refractivity contribution < 1.29 is 4.74 Å². The molecule has 1 aliphatic rings. The summed E-state index contributed by atoms with van der Waals surface area (Å²) < 4.78 is 5.70.